The van der Waals surface area contributed by atoms with Crippen LogP contribution in [0, 0.1) is 0 Å². The minimum Gasteiger partial charge on any atom is -0.481 e. The number of nitrogens with zero attached hydrogens (tertiary/aromatic N) is 3. The lowest BCUT2D eigenvalue weighted by atomic mass is 10.0. The maximum absolute atomic E-state index is 5.55. The van der Waals surface area contributed by atoms with Gasteiger partial charge in [-0.05, 0) is 25.6 Å². The predicted molar refractivity (Wildman–Crippen MR) is 98.4 cm³/mol. The Labute approximate surface area is 145 Å². The SMILES string of the molecule is COc1c(CNC[C@@H](c2ccccc2)N(C)C)c(C(C)C)nn1C. The van der Waals surface area contributed by atoms with Crippen LogP contribution in [0.25, 0.3) is 0 Å². The van der Waals surface area contributed by atoms with Crippen molar-refractivity contribution in [2.24, 2.45) is 7.05 Å². The first-order valence-corrected chi connectivity index (χ1v) is 8.47. The van der Waals surface area contributed by atoms with Crippen molar-refractivity contribution < 1.29 is 4.74 Å². The standard InChI is InChI=1S/C19H30N4O/c1-14(2)18-16(19(24-6)23(5)21-18)12-20-13-17(22(3)4)15-10-8-7-9-11-15/h7-11,14,17,20H,12-13H2,1-6H3/t17-/m0/s1. The zero-order chi connectivity index (χ0) is 17.7. The average Bonchev–Trinajstić information content (AvgIpc) is 2.88. The Morgan fingerprint density at radius 1 is 1.21 bits per heavy atom. The van der Waals surface area contributed by atoms with Gasteiger partial charge in [0.2, 0.25) is 5.88 Å². The summed E-state index contributed by atoms with van der Waals surface area (Å²) in [7, 11) is 7.87. The summed E-state index contributed by atoms with van der Waals surface area (Å²) < 4.78 is 7.37. The summed E-state index contributed by atoms with van der Waals surface area (Å²) in [6.45, 7) is 5.95. The minimum atomic E-state index is 0.330. The van der Waals surface area contributed by atoms with Gasteiger partial charge in [0.15, 0.2) is 0 Å². The number of hydrogen-bond donors (Lipinski definition) is 1. The number of hydrogen-bond acceptors (Lipinski definition) is 4. The van der Waals surface area contributed by atoms with Gasteiger partial charge in [0, 0.05) is 26.2 Å². The Bertz CT molecular complexity index is 634. The number of nitrogens with one attached hydrogen (secondary N) is 1. The lowest BCUT2D eigenvalue weighted by Crippen LogP contribution is -2.31. The largest absolute Gasteiger partial charge is 0.481 e. The van der Waals surface area contributed by atoms with Crippen LogP contribution in [0.1, 0.15) is 42.6 Å². The molecule has 0 radical (unpaired) electrons. The van der Waals surface area contributed by atoms with Gasteiger partial charge >= 0.3 is 0 Å². The molecule has 5 heteroatoms. The third-order valence-corrected chi connectivity index (χ3v) is 4.31. The van der Waals surface area contributed by atoms with Gasteiger partial charge in [-0.1, -0.05) is 44.2 Å². The first-order valence-electron chi connectivity index (χ1n) is 8.47. The molecule has 5 nitrogen and oxygen atoms in total. The summed E-state index contributed by atoms with van der Waals surface area (Å²) in [6, 6.07) is 10.9. The smallest absolute Gasteiger partial charge is 0.216 e. The van der Waals surface area contributed by atoms with E-state index in [1.165, 1.54) is 5.56 Å². The normalized spacial score (nSPS) is 12.8. The highest BCUT2D eigenvalue weighted by atomic mass is 16.5. The Kier molecular flexibility index (Phi) is 6.40. The second-order valence-electron chi connectivity index (χ2n) is 6.67. The van der Waals surface area contributed by atoms with Gasteiger partial charge in [0.05, 0.1) is 18.4 Å². The lowest BCUT2D eigenvalue weighted by molar-refractivity contribution is 0.287. The zero-order valence-electron chi connectivity index (χ0n) is 15.7. The van der Waals surface area contributed by atoms with Crippen molar-refractivity contribution in [2.45, 2.75) is 32.4 Å². The van der Waals surface area contributed by atoms with Crippen molar-refractivity contribution in [2.75, 3.05) is 27.7 Å². The molecule has 1 atom stereocenters. The molecule has 0 fully saturated rings. The highest BCUT2D eigenvalue weighted by Gasteiger charge is 2.20. The second-order valence-corrected chi connectivity index (χ2v) is 6.67. The molecular weight excluding hydrogens is 300 g/mol. The van der Waals surface area contributed by atoms with Gasteiger partial charge < -0.3 is 15.0 Å². The summed E-state index contributed by atoms with van der Waals surface area (Å²) in [6.07, 6.45) is 0. The number of aromatic nitrogens is 2. The summed E-state index contributed by atoms with van der Waals surface area (Å²) in [4.78, 5) is 2.24. The molecule has 2 aromatic rings. The molecule has 0 saturated heterocycles. The Morgan fingerprint density at radius 3 is 2.42 bits per heavy atom. The lowest BCUT2D eigenvalue weighted by Gasteiger charge is -2.25. The fraction of sp³-hybridized carbons (Fsp3) is 0.526. The van der Waals surface area contributed by atoms with E-state index in [0.29, 0.717) is 12.0 Å². The maximum Gasteiger partial charge on any atom is 0.216 e. The zero-order valence-corrected chi connectivity index (χ0v) is 15.7. The number of rotatable bonds is 8. The van der Waals surface area contributed by atoms with E-state index in [2.05, 4.69) is 73.6 Å². The number of ether oxygens (including phenoxy) is 1. The van der Waals surface area contributed by atoms with Gasteiger partial charge in [0.1, 0.15) is 0 Å². The van der Waals surface area contributed by atoms with Gasteiger partial charge in [-0.25, -0.2) is 4.68 Å². The van der Waals surface area contributed by atoms with E-state index in [-0.39, 0.29) is 0 Å². The van der Waals surface area contributed by atoms with Gasteiger partial charge in [-0.2, -0.15) is 5.10 Å². The summed E-state index contributed by atoms with van der Waals surface area (Å²) >= 11 is 0. The third-order valence-electron chi connectivity index (χ3n) is 4.31. The summed E-state index contributed by atoms with van der Waals surface area (Å²) in [5, 5.41) is 8.20. The van der Waals surface area contributed by atoms with Crippen molar-refractivity contribution in [1.82, 2.24) is 20.0 Å². The Morgan fingerprint density at radius 2 is 1.88 bits per heavy atom. The van der Waals surface area contributed by atoms with E-state index in [9.17, 15) is 0 Å². The molecule has 0 unspecified atom stereocenters. The minimum absolute atomic E-state index is 0.330. The molecule has 0 aliphatic heterocycles. The quantitative estimate of drug-likeness (QED) is 0.808. The van der Waals surface area contributed by atoms with Crippen LogP contribution in [-0.4, -0.2) is 42.4 Å². The Hall–Kier alpha value is -1.85. The van der Waals surface area contributed by atoms with E-state index in [1.54, 1.807) is 7.11 Å². The van der Waals surface area contributed by atoms with E-state index in [4.69, 9.17) is 4.74 Å². The maximum atomic E-state index is 5.55. The van der Waals surface area contributed by atoms with Crippen LogP contribution >= 0.6 is 0 Å². The molecule has 1 heterocycles. The average molecular weight is 330 g/mol. The highest BCUT2D eigenvalue weighted by Crippen LogP contribution is 2.27. The first kappa shape index (κ1) is 18.5. The molecule has 0 saturated carbocycles. The van der Waals surface area contributed by atoms with E-state index in [1.807, 2.05) is 11.7 Å². The molecule has 0 amide bonds. The molecule has 0 bridgehead atoms. The van der Waals surface area contributed by atoms with Crippen LogP contribution in [0.15, 0.2) is 30.3 Å². The van der Waals surface area contributed by atoms with Gasteiger partial charge in [-0.15, -0.1) is 0 Å². The van der Waals surface area contributed by atoms with Crippen molar-refractivity contribution in [3.05, 3.63) is 47.2 Å². The van der Waals surface area contributed by atoms with E-state index < -0.39 is 0 Å². The highest BCUT2D eigenvalue weighted by molar-refractivity contribution is 5.33. The molecule has 24 heavy (non-hydrogen) atoms. The topological polar surface area (TPSA) is 42.3 Å². The summed E-state index contributed by atoms with van der Waals surface area (Å²) in [5.41, 5.74) is 3.57. The fourth-order valence-corrected chi connectivity index (χ4v) is 3.07. The Balaban J connectivity index is 2.10. The van der Waals surface area contributed by atoms with E-state index in [0.717, 1.165) is 30.2 Å². The fourth-order valence-electron chi connectivity index (χ4n) is 3.07. The molecule has 1 aromatic carbocycles. The number of methoxy groups -OCH3 is 1. The monoisotopic (exact) mass is 330 g/mol. The predicted octanol–water partition coefficient (Wildman–Crippen LogP) is 2.94. The van der Waals surface area contributed by atoms with Crippen LogP contribution < -0.4 is 10.1 Å². The van der Waals surface area contributed by atoms with Crippen molar-refractivity contribution in [3.8, 4) is 5.88 Å². The van der Waals surface area contributed by atoms with Crippen LogP contribution in [0.5, 0.6) is 5.88 Å². The molecule has 132 valence electrons. The van der Waals surface area contributed by atoms with Crippen LogP contribution in [0.4, 0.5) is 0 Å². The molecular formula is C19H30N4O. The van der Waals surface area contributed by atoms with Crippen molar-refractivity contribution in [3.63, 3.8) is 0 Å². The number of likely N-dealkylation sites (N-methyl/N-ethyl adjacent to an activating group) is 1. The van der Waals surface area contributed by atoms with Crippen LogP contribution in [0.2, 0.25) is 0 Å². The van der Waals surface area contributed by atoms with Crippen LogP contribution in [0.3, 0.4) is 0 Å². The second kappa shape index (κ2) is 8.31. The molecule has 1 N–H and O–H groups in total. The van der Waals surface area contributed by atoms with Gasteiger partial charge in [-0.3, -0.25) is 0 Å². The first-order chi connectivity index (χ1) is 11.5. The van der Waals surface area contributed by atoms with Crippen molar-refractivity contribution in [1.29, 1.82) is 0 Å². The molecule has 0 aliphatic carbocycles. The summed E-state index contributed by atoms with van der Waals surface area (Å²) in [5.74, 6) is 1.21. The molecule has 1 aromatic heterocycles. The third kappa shape index (κ3) is 4.16. The van der Waals surface area contributed by atoms with Gasteiger partial charge in [0.25, 0.3) is 0 Å². The molecule has 2 rings (SSSR count). The molecule has 0 spiro atoms. The molecule has 0 aliphatic rings. The van der Waals surface area contributed by atoms with Crippen LogP contribution in [-0.2, 0) is 13.6 Å². The number of aryl methyl sites for hydroxylation is 1. The van der Waals surface area contributed by atoms with Crippen molar-refractivity contribution >= 4 is 0 Å². The van der Waals surface area contributed by atoms with E-state index >= 15 is 0 Å². The number of benzene rings is 1.